The molecule has 2 aromatic carbocycles. The first-order valence-electron chi connectivity index (χ1n) is 9.60. The van der Waals surface area contributed by atoms with E-state index < -0.39 is 5.63 Å². The molecular weight excluding hydrogens is 392 g/mol. The van der Waals surface area contributed by atoms with Crippen molar-refractivity contribution < 1.29 is 9.52 Å². The Hall–Kier alpha value is -4.44. The zero-order valence-corrected chi connectivity index (χ0v) is 16.7. The summed E-state index contributed by atoms with van der Waals surface area (Å²) in [5.41, 5.74) is 2.76. The molecule has 1 N–H and O–H groups in total. The lowest BCUT2D eigenvalue weighted by molar-refractivity contribution is 0.470. The number of nitrogens with zero attached hydrogens (tertiary/aromatic N) is 4. The van der Waals surface area contributed by atoms with Gasteiger partial charge in [-0.1, -0.05) is 36.4 Å². The predicted molar refractivity (Wildman–Crippen MR) is 116 cm³/mol. The molecule has 0 fully saturated rings. The largest absolute Gasteiger partial charge is 0.506 e. The molecule has 0 amide bonds. The molecular formula is C24H16N4O3. The Bertz CT molecular complexity index is 1590. The van der Waals surface area contributed by atoms with Gasteiger partial charge >= 0.3 is 5.63 Å². The van der Waals surface area contributed by atoms with Gasteiger partial charge < -0.3 is 9.52 Å². The highest BCUT2D eigenvalue weighted by atomic mass is 16.4. The molecule has 3 heterocycles. The second-order valence-corrected chi connectivity index (χ2v) is 7.30. The lowest BCUT2D eigenvalue weighted by atomic mass is 9.98. The summed E-state index contributed by atoms with van der Waals surface area (Å²) in [7, 11) is 0. The van der Waals surface area contributed by atoms with E-state index in [4.69, 9.17) is 4.42 Å². The second kappa shape index (κ2) is 6.82. The molecule has 0 spiro atoms. The summed E-state index contributed by atoms with van der Waals surface area (Å²) in [6.07, 6.45) is 0. The maximum absolute atomic E-state index is 13.0. The van der Waals surface area contributed by atoms with Crippen LogP contribution in [0.2, 0.25) is 0 Å². The van der Waals surface area contributed by atoms with E-state index in [0.717, 1.165) is 11.1 Å². The van der Waals surface area contributed by atoms with Gasteiger partial charge in [0.05, 0.1) is 11.1 Å². The van der Waals surface area contributed by atoms with Gasteiger partial charge in [-0.3, -0.25) is 0 Å². The second-order valence-electron chi connectivity index (χ2n) is 7.30. The van der Waals surface area contributed by atoms with Crippen LogP contribution in [0, 0.1) is 25.2 Å². The van der Waals surface area contributed by atoms with Crippen LogP contribution in [-0.4, -0.2) is 19.7 Å². The van der Waals surface area contributed by atoms with Crippen LogP contribution in [0.4, 0.5) is 0 Å². The summed E-state index contributed by atoms with van der Waals surface area (Å²) in [4.78, 5) is 17.4. The number of rotatable bonds is 2. The third kappa shape index (κ3) is 2.85. The quantitative estimate of drug-likeness (QED) is 0.435. The summed E-state index contributed by atoms with van der Waals surface area (Å²) < 4.78 is 6.93. The molecule has 0 saturated carbocycles. The number of hydrogen-bond acceptors (Lipinski definition) is 6. The summed E-state index contributed by atoms with van der Waals surface area (Å²) in [6.45, 7) is 3.57. The molecule has 0 unspecified atom stereocenters. The normalized spacial score (nSPS) is 11.1. The van der Waals surface area contributed by atoms with Crippen LogP contribution < -0.4 is 5.63 Å². The van der Waals surface area contributed by atoms with E-state index >= 15 is 0 Å². The Morgan fingerprint density at radius 3 is 2.61 bits per heavy atom. The van der Waals surface area contributed by atoms with E-state index in [2.05, 4.69) is 16.2 Å². The summed E-state index contributed by atoms with van der Waals surface area (Å²) in [6, 6.07) is 18.4. The number of nitriles is 1. The molecule has 0 atom stereocenters. The van der Waals surface area contributed by atoms with Crippen molar-refractivity contribution in [2.45, 2.75) is 13.8 Å². The van der Waals surface area contributed by atoms with Gasteiger partial charge in [0, 0.05) is 5.56 Å². The third-order valence-corrected chi connectivity index (χ3v) is 5.20. The molecule has 3 aromatic heterocycles. The van der Waals surface area contributed by atoms with Gasteiger partial charge in [0.25, 0.3) is 0 Å². The molecule has 0 saturated heterocycles. The fourth-order valence-corrected chi connectivity index (χ4v) is 3.79. The van der Waals surface area contributed by atoms with Crippen molar-refractivity contribution in [3.05, 3.63) is 82.0 Å². The molecule has 0 radical (unpaired) electrons. The average Bonchev–Trinajstić information content (AvgIpc) is 3.15. The van der Waals surface area contributed by atoms with Crippen LogP contribution in [0.25, 0.3) is 39.0 Å². The maximum Gasteiger partial charge on any atom is 0.349 e. The minimum Gasteiger partial charge on any atom is -0.506 e. The smallest absolute Gasteiger partial charge is 0.349 e. The lowest BCUT2D eigenvalue weighted by Crippen LogP contribution is -2.09. The van der Waals surface area contributed by atoms with Crippen molar-refractivity contribution in [2.24, 2.45) is 0 Å². The first-order valence-corrected chi connectivity index (χ1v) is 9.60. The highest BCUT2D eigenvalue weighted by molar-refractivity contribution is 5.92. The molecule has 0 aliphatic rings. The minimum atomic E-state index is -0.700. The third-order valence-electron chi connectivity index (χ3n) is 5.20. The number of aromatic hydroxyl groups is 1. The standard InChI is InChI=1S/C24H16N4O3/c1-13-8-9-16-20(10-13)31-24(30)21(22(16)29)19-11-17(15-6-4-3-5-7-15)18(12-25)23-26-14(2)27-28(19)23/h3-11,29H,1-2H3. The number of pyridine rings is 1. The SMILES string of the molecule is Cc1ccc2c(O)c(-c3cc(-c4ccccc4)c(C#N)c4nc(C)nn34)c(=O)oc2c1. The van der Waals surface area contributed by atoms with Crippen LogP contribution in [0.3, 0.4) is 0 Å². The number of benzene rings is 2. The number of fused-ring (bicyclic) bond motifs is 2. The van der Waals surface area contributed by atoms with Crippen LogP contribution in [-0.2, 0) is 0 Å². The van der Waals surface area contributed by atoms with Crippen molar-refractivity contribution in [2.75, 3.05) is 0 Å². The van der Waals surface area contributed by atoms with Gasteiger partial charge in [0.15, 0.2) is 5.65 Å². The molecule has 7 nitrogen and oxygen atoms in total. The first kappa shape index (κ1) is 18.6. The van der Waals surface area contributed by atoms with Gasteiger partial charge in [-0.25, -0.2) is 14.3 Å². The average molecular weight is 408 g/mol. The summed E-state index contributed by atoms with van der Waals surface area (Å²) >= 11 is 0. The molecule has 0 aliphatic heterocycles. The van der Waals surface area contributed by atoms with Gasteiger partial charge in [-0.15, -0.1) is 0 Å². The summed E-state index contributed by atoms with van der Waals surface area (Å²) in [5.74, 6) is 0.229. The van der Waals surface area contributed by atoms with E-state index in [1.165, 1.54) is 4.52 Å². The van der Waals surface area contributed by atoms with E-state index in [-0.39, 0.29) is 11.3 Å². The zero-order chi connectivity index (χ0) is 21.7. The van der Waals surface area contributed by atoms with E-state index in [9.17, 15) is 15.2 Å². The molecule has 5 aromatic rings. The van der Waals surface area contributed by atoms with E-state index in [0.29, 0.717) is 39.3 Å². The van der Waals surface area contributed by atoms with Crippen molar-refractivity contribution in [3.8, 4) is 34.2 Å². The topological polar surface area (TPSA) is 104 Å². The molecule has 7 heteroatoms. The molecule has 0 bridgehead atoms. The molecule has 5 rings (SSSR count). The Balaban J connectivity index is 1.94. The van der Waals surface area contributed by atoms with Crippen molar-refractivity contribution in [1.29, 1.82) is 5.26 Å². The summed E-state index contributed by atoms with van der Waals surface area (Å²) in [5, 5.41) is 25.7. The maximum atomic E-state index is 13.0. The number of aryl methyl sites for hydroxylation is 2. The highest BCUT2D eigenvalue weighted by Gasteiger charge is 2.23. The Morgan fingerprint density at radius 2 is 1.87 bits per heavy atom. The van der Waals surface area contributed by atoms with Crippen LogP contribution >= 0.6 is 0 Å². The van der Waals surface area contributed by atoms with Gasteiger partial charge in [-0.2, -0.15) is 10.4 Å². The zero-order valence-electron chi connectivity index (χ0n) is 16.7. The number of hydrogen-bond donors (Lipinski definition) is 1. The monoisotopic (exact) mass is 408 g/mol. The van der Waals surface area contributed by atoms with Gasteiger partial charge in [0.1, 0.15) is 34.4 Å². The predicted octanol–water partition coefficient (Wildman–Crippen LogP) is 4.36. The van der Waals surface area contributed by atoms with Crippen molar-refractivity contribution in [1.82, 2.24) is 14.6 Å². The van der Waals surface area contributed by atoms with Crippen molar-refractivity contribution in [3.63, 3.8) is 0 Å². The lowest BCUT2D eigenvalue weighted by Gasteiger charge is -2.12. The van der Waals surface area contributed by atoms with Gasteiger partial charge in [0.2, 0.25) is 0 Å². The highest BCUT2D eigenvalue weighted by Crippen LogP contribution is 2.37. The fraction of sp³-hybridized carbons (Fsp3) is 0.0833. The Kier molecular flexibility index (Phi) is 4.09. The van der Waals surface area contributed by atoms with E-state index in [1.54, 1.807) is 25.1 Å². The molecule has 31 heavy (non-hydrogen) atoms. The van der Waals surface area contributed by atoms with E-state index in [1.807, 2.05) is 43.3 Å². The fourth-order valence-electron chi connectivity index (χ4n) is 3.79. The molecule has 150 valence electrons. The molecule has 0 aliphatic carbocycles. The van der Waals surface area contributed by atoms with Crippen LogP contribution in [0.1, 0.15) is 17.0 Å². The van der Waals surface area contributed by atoms with Crippen LogP contribution in [0.5, 0.6) is 5.75 Å². The number of aromatic nitrogens is 3. The Labute approximate surface area is 176 Å². The van der Waals surface area contributed by atoms with Crippen LogP contribution in [0.15, 0.2) is 63.8 Å². The van der Waals surface area contributed by atoms with Crippen molar-refractivity contribution >= 4 is 16.6 Å². The first-order chi connectivity index (χ1) is 15.0. The minimum absolute atomic E-state index is 0.0343. The Morgan fingerprint density at radius 1 is 1.10 bits per heavy atom. The van der Waals surface area contributed by atoms with Gasteiger partial charge in [-0.05, 0) is 43.2 Å².